The molecule has 0 unspecified atom stereocenters. The summed E-state index contributed by atoms with van der Waals surface area (Å²) in [7, 11) is 1.72. The number of ether oxygens (including phenoxy) is 1. The lowest BCUT2D eigenvalue weighted by Crippen LogP contribution is -2.39. The van der Waals surface area contributed by atoms with Crippen LogP contribution in [0.25, 0.3) is 0 Å². The maximum atomic E-state index is 13.0. The molecule has 0 spiro atoms. The van der Waals surface area contributed by atoms with Gasteiger partial charge in [0.1, 0.15) is 0 Å². The molecule has 1 amide bonds. The van der Waals surface area contributed by atoms with Crippen LogP contribution in [0.5, 0.6) is 0 Å². The summed E-state index contributed by atoms with van der Waals surface area (Å²) in [5.41, 5.74) is 1.87. The van der Waals surface area contributed by atoms with Gasteiger partial charge >= 0.3 is 0 Å². The van der Waals surface area contributed by atoms with Gasteiger partial charge in [0.2, 0.25) is 0 Å². The molecule has 1 aliphatic carbocycles. The van der Waals surface area contributed by atoms with E-state index in [1.54, 1.807) is 7.11 Å². The molecule has 0 aromatic heterocycles. The van der Waals surface area contributed by atoms with E-state index in [1.165, 1.54) is 57.8 Å². The Morgan fingerprint density at radius 3 is 2.00 bits per heavy atom. The average Bonchev–Trinajstić information content (AvgIpc) is 2.88. The lowest BCUT2D eigenvalue weighted by Gasteiger charge is -2.33. The van der Waals surface area contributed by atoms with Crippen LogP contribution >= 0.6 is 0 Å². The second-order valence-electron chi connectivity index (χ2n) is 7.30. The van der Waals surface area contributed by atoms with Gasteiger partial charge in [-0.15, -0.1) is 0 Å². The minimum atomic E-state index is -0.202. The summed E-state index contributed by atoms with van der Waals surface area (Å²) < 4.78 is 5.75. The Kier molecular flexibility index (Phi) is 6.30. The molecule has 3 rings (SSSR count). The van der Waals surface area contributed by atoms with Crippen LogP contribution in [0.1, 0.15) is 92.8 Å². The molecular formula is C21H31NO2. The van der Waals surface area contributed by atoms with Crippen molar-refractivity contribution < 1.29 is 9.53 Å². The lowest BCUT2D eigenvalue weighted by molar-refractivity contribution is -0.0351. The van der Waals surface area contributed by atoms with Crippen molar-refractivity contribution in [2.75, 3.05) is 7.11 Å². The van der Waals surface area contributed by atoms with Gasteiger partial charge < -0.3 is 9.64 Å². The molecule has 0 saturated heterocycles. The van der Waals surface area contributed by atoms with Gasteiger partial charge in [-0.05, 0) is 18.9 Å². The smallest absolute Gasteiger partial charge is 0.256 e. The summed E-state index contributed by atoms with van der Waals surface area (Å²) >= 11 is 0. The van der Waals surface area contributed by atoms with Crippen LogP contribution in [0.15, 0.2) is 24.3 Å². The fraction of sp³-hybridized carbons (Fsp3) is 0.667. The van der Waals surface area contributed by atoms with Crippen molar-refractivity contribution in [3.63, 3.8) is 0 Å². The highest BCUT2D eigenvalue weighted by Gasteiger charge is 2.40. The normalized spacial score (nSPS) is 24.3. The molecule has 3 heteroatoms. The number of amides is 1. The van der Waals surface area contributed by atoms with Gasteiger partial charge in [-0.2, -0.15) is 0 Å². The molecule has 1 aliphatic heterocycles. The highest BCUT2D eigenvalue weighted by molar-refractivity contribution is 5.99. The van der Waals surface area contributed by atoms with Crippen molar-refractivity contribution in [3.05, 3.63) is 35.4 Å². The van der Waals surface area contributed by atoms with Gasteiger partial charge in [-0.1, -0.05) is 76.0 Å². The number of nitrogens with zero attached hydrogens (tertiary/aromatic N) is 1. The molecule has 3 nitrogen and oxygen atoms in total. The second-order valence-corrected chi connectivity index (χ2v) is 7.30. The fourth-order valence-corrected chi connectivity index (χ4v) is 4.32. The number of fused-ring (bicyclic) bond motifs is 1. The van der Waals surface area contributed by atoms with Gasteiger partial charge in [-0.3, -0.25) is 4.79 Å². The maximum Gasteiger partial charge on any atom is 0.256 e. The van der Waals surface area contributed by atoms with Crippen molar-refractivity contribution in [3.8, 4) is 0 Å². The van der Waals surface area contributed by atoms with Crippen LogP contribution in [-0.2, 0) is 4.74 Å². The Balaban J connectivity index is 1.75. The molecule has 132 valence electrons. The van der Waals surface area contributed by atoms with Crippen molar-refractivity contribution >= 4 is 5.91 Å². The van der Waals surface area contributed by atoms with Crippen LogP contribution in [0.4, 0.5) is 0 Å². The van der Waals surface area contributed by atoms with Gasteiger partial charge in [0, 0.05) is 24.3 Å². The molecule has 1 atom stereocenters. The average molecular weight is 329 g/mol. The van der Waals surface area contributed by atoms with Crippen LogP contribution in [-0.4, -0.2) is 24.0 Å². The van der Waals surface area contributed by atoms with E-state index >= 15 is 0 Å². The van der Waals surface area contributed by atoms with E-state index < -0.39 is 0 Å². The first-order chi connectivity index (χ1) is 11.8. The molecule has 0 N–H and O–H groups in total. The van der Waals surface area contributed by atoms with E-state index in [-0.39, 0.29) is 12.1 Å². The zero-order valence-corrected chi connectivity index (χ0v) is 15.0. The third-order valence-electron chi connectivity index (χ3n) is 5.64. The summed E-state index contributed by atoms with van der Waals surface area (Å²) in [4.78, 5) is 15.0. The predicted octanol–water partition coefficient (Wildman–Crippen LogP) is 5.46. The van der Waals surface area contributed by atoms with Gasteiger partial charge in [0.25, 0.3) is 5.91 Å². The first-order valence-corrected chi connectivity index (χ1v) is 9.77. The van der Waals surface area contributed by atoms with E-state index in [0.29, 0.717) is 6.04 Å². The summed E-state index contributed by atoms with van der Waals surface area (Å²) in [6.45, 7) is 0. The van der Waals surface area contributed by atoms with E-state index in [4.69, 9.17) is 4.74 Å². The van der Waals surface area contributed by atoms with Crippen molar-refractivity contribution in [1.82, 2.24) is 4.90 Å². The van der Waals surface area contributed by atoms with Crippen LogP contribution in [0.2, 0.25) is 0 Å². The van der Waals surface area contributed by atoms with Crippen LogP contribution in [0.3, 0.4) is 0 Å². The monoisotopic (exact) mass is 329 g/mol. The second kappa shape index (κ2) is 8.66. The van der Waals surface area contributed by atoms with Gasteiger partial charge in [-0.25, -0.2) is 0 Å². The third kappa shape index (κ3) is 3.83. The quantitative estimate of drug-likeness (QED) is 0.721. The number of carbonyl (C=O) groups excluding carboxylic acids is 1. The molecule has 1 fully saturated rings. The largest absolute Gasteiger partial charge is 0.357 e. The molecule has 0 bridgehead atoms. The number of rotatable bonds is 2. The third-order valence-corrected chi connectivity index (χ3v) is 5.64. The predicted molar refractivity (Wildman–Crippen MR) is 96.9 cm³/mol. The number of hydrogen-bond acceptors (Lipinski definition) is 2. The van der Waals surface area contributed by atoms with Crippen molar-refractivity contribution in [2.45, 2.75) is 82.9 Å². The Bertz CT molecular complexity index is 530. The topological polar surface area (TPSA) is 29.5 Å². The van der Waals surface area contributed by atoms with Crippen molar-refractivity contribution in [2.24, 2.45) is 0 Å². The molecule has 1 aromatic rings. The van der Waals surface area contributed by atoms with E-state index in [0.717, 1.165) is 24.0 Å². The zero-order chi connectivity index (χ0) is 16.8. The first kappa shape index (κ1) is 17.5. The zero-order valence-electron chi connectivity index (χ0n) is 15.0. The van der Waals surface area contributed by atoms with Gasteiger partial charge in [0.05, 0.1) is 0 Å². The van der Waals surface area contributed by atoms with E-state index in [2.05, 4.69) is 0 Å². The standard InChI is InChI=1S/C21H31NO2/c1-24-21-19-16-12-11-15-18(19)20(23)22(21)17-13-9-7-5-3-2-4-6-8-10-14-17/h11-12,15-17,21H,2-10,13-14H2,1H3/t21-/m0/s1. The Labute approximate surface area is 146 Å². The molecule has 1 heterocycles. The molecule has 1 saturated carbocycles. The number of methoxy groups -OCH3 is 1. The number of benzene rings is 1. The molecule has 24 heavy (non-hydrogen) atoms. The van der Waals surface area contributed by atoms with Crippen LogP contribution < -0.4 is 0 Å². The highest BCUT2D eigenvalue weighted by Crippen LogP contribution is 2.38. The number of hydrogen-bond donors (Lipinski definition) is 0. The lowest BCUT2D eigenvalue weighted by atomic mass is 9.97. The summed E-state index contributed by atoms with van der Waals surface area (Å²) in [6, 6.07) is 8.25. The molecule has 2 aliphatic rings. The Morgan fingerprint density at radius 2 is 1.42 bits per heavy atom. The molecular weight excluding hydrogens is 298 g/mol. The summed E-state index contributed by atoms with van der Waals surface area (Å²) in [5.74, 6) is 0.162. The fourth-order valence-electron chi connectivity index (χ4n) is 4.32. The van der Waals surface area contributed by atoms with E-state index in [1.807, 2.05) is 29.2 Å². The minimum Gasteiger partial charge on any atom is -0.357 e. The highest BCUT2D eigenvalue weighted by atomic mass is 16.5. The van der Waals surface area contributed by atoms with Crippen molar-refractivity contribution in [1.29, 1.82) is 0 Å². The molecule has 1 aromatic carbocycles. The minimum absolute atomic E-state index is 0.162. The summed E-state index contributed by atoms with van der Waals surface area (Å²) in [6.07, 6.45) is 13.9. The SMILES string of the molecule is CO[C@H]1c2ccccc2C(=O)N1C1CCCCCCCCCCC1. The maximum absolute atomic E-state index is 13.0. The molecule has 0 radical (unpaired) electrons. The Morgan fingerprint density at radius 1 is 0.875 bits per heavy atom. The number of carbonyl (C=O) groups is 1. The first-order valence-electron chi connectivity index (χ1n) is 9.77. The van der Waals surface area contributed by atoms with E-state index in [9.17, 15) is 4.79 Å². The van der Waals surface area contributed by atoms with Crippen LogP contribution in [0, 0.1) is 0 Å². The Hall–Kier alpha value is -1.35. The van der Waals surface area contributed by atoms with Gasteiger partial charge in [0.15, 0.2) is 6.23 Å². The summed E-state index contributed by atoms with van der Waals surface area (Å²) in [5, 5.41) is 0.